The maximum absolute atomic E-state index is 12.9. The van der Waals surface area contributed by atoms with Gasteiger partial charge in [-0.1, -0.05) is 28.6 Å². The number of anilines is 1. The molecule has 164 valence electrons. The largest absolute Gasteiger partial charge is 0.477 e. The molecule has 0 saturated heterocycles. The van der Waals surface area contributed by atoms with E-state index in [1.807, 2.05) is 0 Å². The number of hydrogen-bond acceptors (Lipinski definition) is 8. The van der Waals surface area contributed by atoms with Crippen LogP contribution in [0.1, 0.15) is 53.8 Å². The summed E-state index contributed by atoms with van der Waals surface area (Å²) < 4.78 is 24.8. The van der Waals surface area contributed by atoms with Crippen LogP contribution in [0.25, 0.3) is 0 Å². The number of carboxylic acid groups (broad SMARTS) is 1. The average Bonchev–Trinajstić information content (AvgIpc) is 3.29. The van der Waals surface area contributed by atoms with Gasteiger partial charge >= 0.3 is 5.97 Å². The molecule has 0 atom stereocenters. The number of sulfone groups is 1. The van der Waals surface area contributed by atoms with Crippen molar-refractivity contribution in [1.82, 2.24) is 4.98 Å². The smallest absolute Gasteiger partial charge is 0.347 e. The van der Waals surface area contributed by atoms with E-state index >= 15 is 0 Å². The molecule has 2 aliphatic rings. The lowest BCUT2D eigenvalue weighted by Crippen LogP contribution is -2.25. The summed E-state index contributed by atoms with van der Waals surface area (Å²) in [4.78, 5) is 33.6. The SMILES string of the molecule is O=C(Nc1ncc(C(=O)O)s1)/C(=N/OC1CCCC1)c1ccc(S(=O)(=O)C2CC2)cc1. The Balaban J connectivity index is 1.57. The highest BCUT2D eigenvalue weighted by atomic mass is 32.2. The predicted molar refractivity (Wildman–Crippen MR) is 114 cm³/mol. The van der Waals surface area contributed by atoms with Gasteiger partial charge < -0.3 is 9.94 Å². The maximum atomic E-state index is 12.9. The maximum Gasteiger partial charge on any atom is 0.347 e. The number of nitrogens with one attached hydrogen (secondary N) is 1. The van der Waals surface area contributed by atoms with Crippen LogP contribution in [0, 0.1) is 0 Å². The third-order valence-electron chi connectivity index (χ3n) is 5.17. The van der Waals surface area contributed by atoms with Gasteiger partial charge in [-0.05, 0) is 50.7 Å². The van der Waals surface area contributed by atoms with Crippen molar-refractivity contribution >= 4 is 43.9 Å². The van der Waals surface area contributed by atoms with Crippen LogP contribution >= 0.6 is 11.3 Å². The summed E-state index contributed by atoms with van der Waals surface area (Å²) in [5.41, 5.74) is 0.356. The Morgan fingerprint density at radius 3 is 2.39 bits per heavy atom. The molecule has 4 rings (SSSR count). The van der Waals surface area contributed by atoms with Crippen molar-refractivity contribution < 1.29 is 28.0 Å². The van der Waals surface area contributed by atoms with Crippen LogP contribution in [-0.2, 0) is 19.5 Å². The van der Waals surface area contributed by atoms with Gasteiger partial charge in [-0.2, -0.15) is 0 Å². The number of oxime groups is 1. The summed E-state index contributed by atoms with van der Waals surface area (Å²) in [5.74, 6) is -1.76. The van der Waals surface area contributed by atoms with E-state index in [1.54, 1.807) is 0 Å². The van der Waals surface area contributed by atoms with Crippen molar-refractivity contribution in [2.45, 2.75) is 54.8 Å². The number of hydrogen-bond donors (Lipinski definition) is 2. The standard InChI is InChI=1S/C20H21N3O6S2/c24-18(22-20-21-11-16(30-20)19(25)26)17(23-29-13-3-1-2-4-13)12-5-7-14(8-6-12)31(27,28)15-9-10-15/h5-8,11,13,15H,1-4,9-10H2,(H,25,26)(H,21,22,24)/b23-17+. The number of carbonyl (C=O) groups excluding carboxylic acids is 1. The molecular formula is C20H21N3O6S2. The van der Waals surface area contributed by atoms with E-state index in [2.05, 4.69) is 15.5 Å². The number of aromatic carboxylic acids is 1. The lowest BCUT2D eigenvalue weighted by molar-refractivity contribution is -0.110. The van der Waals surface area contributed by atoms with E-state index in [0.717, 1.165) is 43.2 Å². The molecule has 1 amide bonds. The second kappa shape index (κ2) is 8.75. The second-order valence-corrected chi connectivity index (χ2v) is 10.8. The zero-order chi connectivity index (χ0) is 22.0. The molecule has 0 aliphatic heterocycles. The quantitative estimate of drug-likeness (QED) is 0.454. The zero-order valence-electron chi connectivity index (χ0n) is 16.5. The van der Waals surface area contributed by atoms with Gasteiger partial charge in [-0.15, -0.1) is 0 Å². The number of carbonyl (C=O) groups is 2. The molecular weight excluding hydrogens is 442 g/mol. The molecule has 9 nitrogen and oxygen atoms in total. The molecule has 2 saturated carbocycles. The summed E-state index contributed by atoms with van der Waals surface area (Å²) in [5, 5.41) is 15.4. The Bertz CT molecular complexity index is 1110. The van der Waals surface area contributed by atoms with E-state index < -0.39 is 21.7 Å². The molecule has 0 spiro atoms. The molecule has 0 radical (unpaired) electrons. The molecule has 2 fully saturated rings. The normalized spacial score (nSPS) is 17.5. The van der Waals surface area contributed by atoms with Gasteiger partial charge in [0.25, 0.3) is 5.91 Å². The first-order valence-electron chi connectivity index (χ1n) is 9.93. The van der Waals surface area contributed by atoms with Crippen LogP contribution in [-0.4, -0.2) is 47.5 Å². The van der Waals surface area contributed by atoms with E-state index in [0.29, 0.717) is 18.4 Å². The first-order chi connectivity index (χ1) is 14.8. The molecule has 0 bridgehead atoms. The third-order valence-corrected chi connectivity index (χ3v) is 8.35. The van der Waals surface area contributed by atoms with Crippen molar-refractivity contribution in [2.24, 2.45) is 5.16 Å². The topological polar surface area (TPSA) is 135 Å². The van der Waals surface area contributed by atoms with E-state index in [1.165, 1.54) is 24.3 Å². The van der Waals surface area contributed by atoms with Crippen molar-refractivity contribution in [3.8, 4) is 0 Å². The number of amides is 1. The van der Waals surface area contributed by atoms with Crippen LogP contribution in [0.5, 0.6) is 0 Å². The van der Waals surface area contributed by atoms with Crippen LogP contribution in [0.2, 0.25) is 0 Å². The molecule has 1 aromatic carbocycles. The summed E-state index contributed by atoms with van der Waals surface area (Å²) >= 11 is 0.824. The average molecular weight is 464 g/mol. The van der Waals surface area contributed by atoms with Gasteiger partial charge in [0.05, 0.1) is 16.3 Å². The number of thiazole rings is 1. The fraction of sp³-hybridized carbons (Fsp3) is 0.400. The first-order valence-corrected chi connectivity index (χ1v) is 12.3. The highest BCUT2D eigenvalue weighted by molar-refractivity contribution is 7.92. The Hall–Kier alpha value is -2.79. The Labute approximate surface area is 183 Å². The second-order valence-electron chi connectivity index (χ2n) is 7.51. The zero-order valence-corrected chi connectivity index (χ0v) is 18.1. The molecule has 2 aliphatic carbocycles. The van der Waals surface area contributed by atoms with Crippen LogP contribution in [0.3, 0.4) is 0 Å². The van der Waals surface area contributed by atoms with E-state index in [9.17, 15) is 18.0 Å². The first kappa shape index (κ1) is 21.4. The number of rotatable bonds is 8. The third kappa shape index (κ3) is 4.93. The molecule has 0 unspecified atom stereocenters. The molecule has 11 heteroatoms. The Morgan fingerprint density at radius 2 is 1.81 bits per heavy atom. The minimum atomic E-state index is -3.34. The van der Waals surface area contributed by atoms with Crippen LogP contribution < -0.4 is 5.32 Å². The lowest BCUT2D eigenvalue weighted by Gasteiger charge is -2.11. The predicted octanol–water partition coefficient (Wildman–Crippen LogP) is 3.08. The van der Waals surface area contributed by atoms with Crippen molar-refractivity contribution in [3.63, 3.8) is 0 Å². The molecule has 2 aromatic rings. The minimum absolute atomic E-state index is 0.00868. The summed E-state index contributed by atoms with van der Waals surface area (Å²) in [6, 6.07) is 5.98. The molecule has 31 heavy (non-hydrogen) atoms. The Kier molecular flexibility index (Phi) is 6.05. The monoisotopic (exact) mass is 463 g/mol. The number of benzene rings is 1. The van der Waals surface area contributed by atoms with Crippen LogP contribution in [0.4, 0.5) is 5.13 Å². The fourth-order valence-electron chi connectivity index (χ4n) is 3.31. The molecule has 1 aromatic heterocycles. The molecule has 1 heterocycles. The van der Waals surface area contributed by atoms with Crippen molar-refractivity contribution in [2.75, 3.05) is 5.32 Å². The van der Waals surface area contributed by atoms with Crippen LogP contribution in [0.15, 0.2) is 40.5 Å². The Morgan fingerprint density at radius 1 is 1.13 bits per heavy atom. The summed E-state index contributed by atoms with van der Waals surface area (Å²) in [6.07, 6.45) is 6.19. The van der Waals surface area contributed by atoms with E-state index in [-0.39, 0.29) is 32.0 Å². The highest BCUT2D eigenvalue weighted by Gasteiger charge is 2.36. The number of nitrogens with zero attached hydrogens (tertiary/aromatic N) is 2. The van der Waals surface area contributed by atoms with Gasteiger partial charge in [-0.3, -0.25) is 10.1 Å². The lowest BCUT2D eigenvalue weighted by atomic mass is 10.1. The fourth-order valence-corrected chi connectivity index (χ4v) is 5.61. The molecule has 2 N–H and O–H groups in total. The van der Waals surface area contributed by atoms with Gasteiger partial charge in [-0.25, -0.2) is 18.2 Å². The van der Waals surface area contributed by atoms with Gasteiger partial charge in [0.15, 0.2) is 20.7 Å². The summed E-state index contributed by atoms with van der Waals surface area (Å²) in [7, 11) is -3.34. The summed E-state index contributed by atoms with van der Waals surface area (Å²) in [6.45, 7) is 0. The van der Waals surface area contributed by atoms with Gasteiger partial charge in [0.1, 0.15) is 11.0 Å². The van der Waals surface area contributed by atoms with Gasteiger partial charge in [0.2, 0.25) is 0 Å². The number of carboxylic acids is 1. The van der Waals surface area contributed by atoms with Gasteiger partial charge in [0, 0.05) is 5.56 Å². The number of aromatic nitrogens is 1. The van der Waals surface area contributed by atoms with Crippen molar-refractivity contribution in [1.29, 1.82) is 0 Å². The van der Waals surface area contributed by atoms with Crippen molar-refractivity contribution in [3.05, 3.63) is 40.9 Å². The minimum Gasteiger partial charge on any atom is -0.477 e. The highest BCUT2D eigenvalue weighted by Crippen LogP contribution is 2.33. The van der Waals surface area contributed by atoms with E-state index in [4.69, 9.17) is 9.94 Å².